The zero-order valence-corrected chi connectivity index (χ0v) is 17.5. The molecule has 2 aliphatic rings. The molecule has 2 fully saturated rings. The number of nitrogens with one attached hydrogen (secondary N) is 1. The molecule has 162 valence electrons. The molecule has 0 spiro atoms. The van der Waals surface area contributed by atoms with Gasteiger partial charge in [0.15, 0.2) is 0 Å². The van der Waals surface area contributed by atoms with Crippen molar-refractivity contribution in [3.63, 3.8) is 0 Å². The minimum Gasteiger partial charge on any atom is -0.389 e. The molecule has 0 radical (unpaired) electrons. The van der Waals surface area contributed by atoms with Gasteiger partial charge < -0.3 is 19.9 Å². The SMILES string of the molecule is CS(=O)(=O)N1C[C@H](O)COC[C@H]2O[C@@H](CC(=O)NCCc3ccccc3)CC[C@@H]21. The summed E-state index contributed by atoms with van der Waals surface area (Å²) >= 11 is 0. The molecule has 29 heavy (non-hydrogen) atoms. The van der Waals surface area contributed by atoms with Crippen molar-refractivity contribution >= 4 is 15.9 Å². The van der Waals surface area contributed by atoms with Crippen LogP contribution in [-0.2, 0) is 30.7 Å². The van der Waals surface area contributed by atoms with Crippen LogP contribution in [0.4, 0.5) is 0 Å². The van der Waals surface area contributed by atoms with Crippen LogP contribution in [0.5, 0.6) is 0 Å². The second-order valence-electron chi connectivity index (χ2n) is 7.75. The molecule has 4 atom stereocenters. The Morgan fingerprint density at radius 1 is 1.24 bits per heavy atom. The minimum atomic E-state index is -3.49. The first-order valence-corrected chi connectivity index (χ1v) is 11.9. The fraction of sp³-hybridized carbons (Fsp3) is 0.650. The Labute approximate surface area is 172 Å². The fourth-order valence-electron chi connectivity index (χ4n) is 3.95. The van der Waals surface area contributed by atoms with E-state index < -0.39 is 28.3 Å². The average Bonchev–Trinajstić information content (AvgIpc) is 2.65. The largest absolute Gasteiger partial charge is 0.389 e. The van der Waals surface area contributed by atoms with Crippen LogP contribution in [0.25, 0.3) is 0 Å². The van der Waals surface area contributed by atoms with Crippen LogP contribution >= 0.6 is 0 Å². The Kier molecular flexibility index (Phi) is 7.64. The molecule has 0 aliphatic carbocycles. The van der Waals surface area contributed by atoms with Crippen molar-refractivity contribution in [2.24, 2.45) is 0 Å². The van der Waals surface area contributed by atoms with Crippen molar-refractivity contribution < 1.29 is 27.8 Å². The summed E-state index contributed by atoms with van der Waals surface area (Å²) in [5, 5.41) is 12.9. The zero-order chi connectivity index (χ0) is 20.9. The van der Waals surface area contributed by atoms with Crippen molar-refractivity contribution in [1.29, 1.82) is 0 Å². The number of fused-ring (bicyclic) bond motifs is 1. The standard InChI is InChI=1S/C20H30N2O6S/c1-29(25,26)22-12-16(23)13-27-14-19-18(22)8-7-17(28-19)11-20(24)21-10-9-15-5-3-2-4-6-15/h2-6,16-19,23H,7-14H2,1H3,(H,21,24)/t16-,17+,18-,19+/m0/s1. The van der Waals surface area contributed by atoms with E-state index in [1.54, 1.807) is 0 Å². The molecule has 9 heteroatoms. The van der Waals surface area contributed by atoms with E-state index in [1.165, 1.54) is 9.87 Å². The van der Waals surface area contributed by atoms with E-state index in [0.717, 1.165) is 12.7 Å². The van der Waals surface area contributed by atoms with Crippen molar-refractivity contribution in [1.82, 2.24) is 9.62 Å². The lowest BCUT2D eigenvalue weighted by Gasteiger charge is -2.43. The molecule has 2 N–H and O–H groups in total. The van der Waals surface area contributed by atoms with Crippen LogP contribution in [0.2, 0.25) is 0 Å². The summed E-state index contributed by atoms with van der Waals surface area (Å²) < 4.78 is 37.3. The number of benzene rings is 1. The van der Waals surface area contributed by atoms with E-state index in [-0.39, 0.29) is 38.2 Å². The number of hydrogen-bond acceptors (Lipinski definition) is 6. The molecule has 2 saturated heterocycles. The van der Waals surface area contributed by atoms with Gasteiger partial charge in [-0.25, -0.2) is 8.42 Å². The average molecular weight is 427 g/mol. The summed E-state index contributed by atoms with van der Waals surface area (Å²) in [6.07, 6.45) is 1.70. The summed E-state index contributed by atoms with van der Waals surface area (Å²) in [6.45, 7) is 0.807. The number of amides is 1. The maximum atomic E-state index is 12.3. The van der Waals surface area contributed by atoms with Crippen LogP contribution < -0.4 is 5.32 Å². The highest BCUT2D eigenvalue weighted by molar-refractivity contribution is 7.88. The van der Waals surface area contributed by atoms with E-state index in [4.69, 9.17) is 9.47 Å². The molecule has 1 aromatic carbocycles. The summed E-state index contributed by atoms with van der Waals surface area (Å²) in [7, 11) is -3.49. The van der Waals surface area contributed by atoms with Crippen molar-refractivity contribution in [3.8, 4) is 0 Å². The third-order valence-electron chi connectivity index (χ3n) is 5.35. The molecule has 0 bridgehead atoms. The first-order chi connectivity index (χ1) is 13.8. The van der Waals surface area contributed by atoms with E-state index in [1.807, 2.05) is 30.3 Å². The molecule has 2 heterocycles. The number of rotatable bonds is 6. The monoisotopic (exact) mass is 426 g/mol. The maximum absolute atomic E-state index is 12.3. The summed E-state index contributed by atoms with van der Waals surface area (Å²) in [6, 6.07) is 9.56. The molecule has 2 aliphatic heterocycles. The van der Waals surface area contributed by atoms with Crippen LogP contribution in [0.1, 0.15) is 24.8 Å². The zero-order valence-electron chi connectivity index (χ0n) is 16.7. The van der Waals surface area contributed by atoms with Crippen molar-refractivity contribution in [3.05, 3.63) is 35.9 Å². The van der Waals surface area contributed by atoms with Gasteiger partial charge in [0.05, 0.1) is 50.2 Å². The molecular weight excluding hydrogens is 396 g/mol. The van der Waals surface area contributed by atoms with Gasteiger partial charge in [0, 0.05) is 13.1 Å². The maximum Gasteiger partial charge on any atom is 0.222 e. The van der Waals surface area contributed by atoms with E-state index in [0.29, 0.717) is 19.4 Å². The molecule has 0 unspecified atom stereocenters. The smallest absolute Gasteiger partial charge is 0.222 e. The molecular formula is C20H30N2O6S. The van der Waals surface area contributed by atoms with E-state index >= 15 is 0 Å². The number of carbonyl (C=O) groups is 1. The highest BCUT2D eigenvalue weighted by Gasteiger charge is 2.41. The molecule has 0 saturated carbocycles. The number of sulfonamides is 1. The summed E-state index contributed by atoms with van der Waals surface area (Å²) in [4.78, 5) is 12.3. The number of ether oxygens (including phenoxy) is 2. The lowest BCUT2D eigenvalue weighted by molar-refractivity contribution is -0.146. The lowest BCUT2D eigenvalue weighted by Crippen LogP contribution is -2.57. The van der Waals surface area contributed by atoms with Crippen molar-refractivity contribution in [2.75, 3.05) is 32.6 Å². The Bertz CT molecular complexity index is 772. The van der Waals surface area contributed by atoms with Gasteiger partial charge >= 0.3 is 0 Å². The van der Waals surface area contributed by atoms with Gasteiger partial charge in [0.1, 0.15) is 0 Å². The molecule has 0 aromatic heterocycles. The number of carbonyl (C=O) groups excluding carboxylic acids is 1. The first kappa shape index (κ1) is 22.2. The quantitative estimate of drug-likeness (QED) is 0.678. The second-order valence-corrected chi connectivity index (χ2v) is 9.69. The second kappa shape index (κ2) is 9.99. The van der Waals surface area contributed by atoms with Gasteiger partial charge in [-0.05, 0) is 24.8 Å². The van der Waals surface area contributed by atoms with E-state index in [9.17, 15) is 18.3 Å². The molecule has 3 rings (SSSR count). The normalized spacial score (nSPS) is 28.8. The van der Waals surface area contributed by atoms with Crippen LogP contribution in [-0.4, -0.2) is 80.6 Å². The van der Waals surface area contributed by atoms with Gasteiger partial charge in [-0.2, -0.15) is 4.31 Å². The summed E-state index contributed by atoms with van der Waals surface area (Å²) in [5.41, 5.74) is 1.17. The lowest BCUT2D eigenvalue weighted by atomic mass is 9.96. The fourth-order valence-corrected chi connectivity index (χ4v) is 5.12. The predicted molar refractivity (Wildman–Crippen MR) is 108 cm³/mol. The highest BCUT2D eigenvalue weighted by Crippen LogP contribution is 2.29. The van der Waals surface area contributed by atoms with Gasteiger partial charge in [-0.15, -0.1) is 0 Å². The van der Waals surface area contributed by atoms with Crippen molar-refractivity contribution in [2.45, 2.75) is 50.0 Å². The highest BCUT2D eigenvalue weighted by atomic mass is 32.2. The van der Waals surface area contributed by atoms with Gasteiger partial charge in [-0.3, -0.25) is 4.79 Å². The third-order valence-corrected chi connectivity index (χ3v) is 6.62. The Balaban J connectivity index is 1.51. The number of aliphatic hydroxyl groups excluding tert-OH is 1. The topological polar surface area (TPSA) is 105 Å². The summed E-state index contributed by atoms with van der Waals surface area (Å²) in [5.74, 6) is -0.0773. The Hall–Kier alpha value is -1.52. The van der Waals surface area contributed by atoms with Crippen LogP contribution in [0.15, 0.2) is 30.3 Å². The minimum absolute atomic E-state index is 0.00595. The van der Waals surface area contributed by atoms with Gasteiger partial charge in [-0.1, -0.05) is 30.3 Å². The number of nitrogens with zero attached hydrogens (tertiary/aromatic N) is 1. The van der Waals surface area contributed by atoms with Gasteiger partial charge in [0.2, 0.25) is 15.9 Å². The first-order valence-electron chi connectivity index (χ1n) is 10.0. The van der Waals surface area contributed by atoms with E-state index in [2.05, 4.69) is 5.32 Å². The molecule has 8 nitrogen and oxygen atoms in total. The third kappa shape index (κ3) is 6.48. The number of hydrogen-bond donors (Lipinski definition) is 2. The van der Waals surface area contributed by atoms with Crippen LogP contribution in [0, 0.1) is 0 Å². The molecule has 1 amide bonds. The molecule has 1 aromatic rings. The Morgan fingerprint density at radius 3 is 2.72 bits per heavy atom. The predicted octanol–water partition coefficient (Wildman–Crippen LogP) is 0.304. The van der Waals surface area contributed by atoms with Gasteiger partial charge in [0.25, 0.3) is 0 Å². The van der Waals surface area contributed by atoms with Crippen LogP contribution in [0.3, 0.4) is 0 Å². The number of aliphatic hydroxyl groups is 1. The number of β-amino-alcohol motifs (C(OH)–C–C–N with tert-alkyl or cyclic N) is 1. The Morgan fingerprint density at radius 2 is 2.00 bits per heavy atom.